The van der Waals surface area contributed by atoms with Gasteiger partial charge in [-0.05, 0) is 118 Å². The first-order valence-electron chi connectivity index (χ1n) is 24.9. The number of aromatic nitrogens is 2. The molecule has 0 radical (unpaired) electrons. The van der Waals surface area contributed by atoms with Gasteiger partial charge in [-0.15, -0.1) is 34.0 Å². The van der Waals surface area contributed by atoms with Crippen LogP contribution in [0.2, 0.25) is 0 Å². The molecule has 0 bridgehead atoms. The zero-order valence-corrected chi connectivity index (χ0v) is 41.5. The molecule has 0 aliphatic heterocycles. The number of thiophene rings is 3. The molecule has 0 N–H and O–H groups in total. The second-order valence-corrected chi connectivity index (χ2v) is 22.7. The second-order valence-electron chi connectivity index (χ2n) is 19.5. The van der Waals surface area contributed by atoms with Crippen LogP contribution in [-0.2, 0) is 0 Å². The highest BCUT2D eigenvalue weighted by atomic mass is 32.1. The van der Waals surface area contributed by atoms with E-state index in [9.17, 15) is 0 Å². The molecule has 0 atom stereocenters. The van der Waals surface area contributed by atoms with E-state index in [2.05, 4.69) is 240 Å². The van der Waals surface area contributed by atoms with E-state index in [1.165, 1.54) is 148 Å². The normalized spacial score (nSPS) is 12.4. The Bertz CT molecular complexity index is 4870. The number of hydrogen-bond donors (Lipinski definition) is 0. The Kier molecular flexibility index (Phi) is 8.22. The summed E-state index contributed by atoms with van der Waals surface area (Å²) in [6.45, 7) is 0. The Morgan fingerprint density at radius 2 is 0.616 bits per heavy atom. The summed E-state index contributed by atoms with van der Waals surface area (Å²) < 4.78 is 12.8. The molecule has 5 heterocycles. The minimum Gasteiger partial charge on any atom is -0.309 e. The molecule has 0 saturated carbocycles. The van der Waals surface area contributed by atoms with E-state index < -0.39 is 0 Å². The number of benzene rings is 12. The molecular formula is C68H38N2S3. The fraction of sp³-hybridized carbons (Fsp3) is 0. The van der Waals surface area contributed by atoms with Gasteiger partial charge in [0.1, 0.15) is 0 Å². The first-order chi connectivity index (χ1) is 36.2. The van der Waals surface area contributed by atoms with Gasteiger partial charge in [0.05, 0.1) is 22.1 Å². The monoisotopic (exact) mass is 978 g/mol. The largest absolute Gasteiger partial charge is 0.309 e. The number of rotatable bonds is 4. The SMILES string of the molecule is c1ccc(-n2c3ccccc3c3cc4c(cc32)c(-c2cccc3c2sc2ccccc23)cc2sc3cc(-c5cccc6c5sc5ccccc56)c5cc6c(cc5c3c24)c2ccccc2n6-c2ccccc2)cc1. The lowest BCUT2D eigenvalue weighted by atomic mass is 9.90. The van der Waals surface area contributed by atoms with Crippen molar-refractivity contribution in [2.24, 2.45) is 0 Å². The maximum absolute atomic E-state index is 2.55. The van der Waals surface area contributed by atoms with Gasteiger partial charge >= 0.3 is 0 Å². The molecule has 12 aromatic carbocycles. The van der Waals surface area contributed by atoms with Crippen LogP contribution in [0.5, 0.6) is 0 Å². The lowest BCUT2D eigenvalue weighted by Gasteiger charge is -2.14. The third-order valence-corrected chi connectivity index (χ3v) is 19.2. The summed E-state index contributed by atoms with van der Waals surface area (Å²) in [5.74, 6) is 0. The summed E-state index contributed by atoms with van der Waals surface area (Å²) >= 11 is 5.77. The van der Waals surface area contributed by atoms with Crippen LogP contribution in [0.4, 0.5) is 0 Å². The van der Waals surface area contributed by atoms with Crippen LogP contribution in [0.3, 0.4) is 0 Å². The molecule has 0 unspecified atom stereocenters. The highest BCUT2D eigenvalue weighted by Crippen LogP contribution is 2.53. The quantitative estimate of drug-likeness (QED) is 0.166. The van der Waals surface area contributed by atoms with Crippen LogP contribution in [0, 0.1) is 0 Å². The average Bonchev–Trinajstić information content (AvgIpc) is 4.27. The zero-order valence-electron chi connectivity index (χ0n) is 39.1. The summed E-state index contributed by atoms with van der Waals surface area (Å²) in [7, 11) is 0. The Labute approximate surface area is 430 Å². The van der Waals surface area contributed by atoms with Crippen molar-refractivity contribution in [1.29, 1.82) is 0 Å². The maximum atomic E-state index is 2.55. The average molecular weight is 979 g/mol. The van der Waals surface area contributed by atoms with Crippen molar-refractivity contribution in [2.75, 3.05) is 0 Å². The first kappa shape index (κ1) is 40.1. The molecular weight excluding hydrogens is 941 g/mol. The lowest BCUT2D eigenvalue weighted by Crippen LogP contribution is -1.94. The van der Waals surface area contributed by atoms with Crippen molar-refractivity contribution in [3.63, 3.8) is 0 Å². The molecule has 5 heteroatoms. The Balaban J connectivity index is 1.08. The van der Waals surface area contributed by atoms with E-state index in [0.717, 1.165) is 11.4 Å². The van der Waals surface area contributed by atoms with Crippen LogP contribution in [0.15, 0.2) is 231 Å². The van der Waals surface area contributed by atoms with Gasteiger partial charge in [-0.2, -0.15) is 0 Å². The van der Waals surface area contributed by atoms with Gasteiger partial charge in [-0.25, -0.2) is 0 Å². The fourth-order valence-electron chi connectivity index (χ4n) is 12.6. The van der Waals surface area contributed by atoms with Crippen LogP contribution >= 0.6 is 34.0 Å². The molecule has 5 aromatic heterocycles. The summed E-state index contributed by atoms with van der Waals surface area (Å²) in [6.07, 6.45) is 0. The second kappa shape index (κ2) is 15.0. The molecule has 2 nitrogen and oxygen atoms in total. The van der Waals surface area contributed by atoms with Gasteiger partial charge in [0.25, 0.3) is 0 Å². The van der Waals surface area contributed by atoms with Crippen molar-refractivity contribution in [3.05, 3.63) is 231 Å². The van der Waals surface area contributed by atoms with Crippen molar-refractivity contribution < 1.29 is 0 Å². The first-order valence-corrected chi connectivity index (χ1v) is 27.3. The van der Waals surface area contributed by atoms with Crippen LogP contribution < -0.4 is 0 Å². The Morgan fingerprint density at radius 3 is 1.08 bits per heavy atom. The highest BCUT2D eigenvalue weighted by molar-refractivity contribution is 7.27. The standard InChI is InChI=1S/C68H38N2S3/c1-3-17-39(18-4-1)69-57-29-11-7-21-41(57)53-33-55-49(35-59(53)69)51(47-27-15-25-45-43-23-9-13-31-61(43)72-67(45)47)37-63-65(55)66-56-34-54-42-22-8-12-30-58(42)70(40-19-5-2-6-20-40)60(54)36-50(56)52(38-64(66)71-63)48-28-16-26-46-44-24-10-14-32-62(44)73-68(46)48/h1-38H. The van der Waals surface area contributed by atoms with E-state index in [0.29, 0.717) is 0 Å². The Morgan fingerprint density at radius 1 is 0.219 bits per heavy atom. The van der Waals surface area contributed by atoms with Crippen molar-refractivity contribution in [2.45, 2.75) is 0 Å². The number of fused-ring (bicyclic) bond motifs is 19. The maximum Gasteiger partial charge on any atom is 0.0547 e. The third-order valence-electron chi connectivity index (χ3n) is 15.7. The third kappa shape index (κ3) is 5.56. The number of nitrogens with zero attached hydrogens (tertiary/aromatic N) is 2. The molecule has 0 spiro atoms. The molecule has 0 fully saturated rings. The van der Waals surface area contributed by atoms with Crippen molar-refractivity contribution >= 4 is 160 Å². The van der Waals surface area contributed by atoms with E-state index in [4.69, 9.17) is 0 Å². The molecule has 0 amide bonds. The van der Waals surface area contributed by atoms with E-state index >= 15 is 0 Å². The summed E-state index contributed by atoms with van der Waals surface area (Å²) in [5.41, 5.74) is 12.3. The van der Waals surface area contributed by atoms with Crippen molar-refractivity contribution in [1.82, 2.24) is 9.13 Å². The molecule has 73 heavy (non-hydrogen) atoms. The number of hydrogen-bond acceptors (Lipinski definition) is 3. The van der Waals surface area contributed by atoms with E-state index in [1.807, 2.05) is 34.0 Å². The molecule has 0 saturated heterocycles. The highest BCUT2D eigenvalue weighted by Gasteiger charge is 2.25. The smallest absolute Gasteiger partial charge is 0.0547 e. The van der Waals surface area contributed by atoms with Gasteiger partial charge in [0.15, 0.2) is 0 Å². The Hall–Kier alpha value is -8.58. The van der Waals surface area contributed by atoms with Crippen LogP contribution in [0.1, 0.15) is 0 Å². The van der Waals surface area contributed by atoms with Crippen LogP contribution in [-0.4, -0.2) is 9.13 Å². The minimum absolute atomic E-state index is 1.16. The molecule has 338 valence electrons. The lowest BCUT2D eigenvalue weighted by molar-refractivity contribution is 1.18. The van der Waals surface area contributed by atoms with E-state index in [-0.39, 0.29) is 0 Å². The summed E-state index contributed by atoms with van der Waals surface area (Å²) in [5, 5.41) is 18.0. The molecule has 17 rings (SSSR count). The van der Waals surface area contributed by atoms with Crippen molar-refractivity contribution in [3.8, 4) is 33.6 Å². The van der Waals surface area contributed by atoms with E-state index in [1.54, 1.807) is 0 Å². The predicted octanol–water partition coefficient (Wildman–Crippen LogP) is 20.6. The number of para-hydroxylation sites is 4. The van der Waals surface area contributed by atoms with Gasteiger partial charge in [-0.3, -0.25) is 0 Å². The predicted molar refractivity (Wildman–Crippen MR) is 320 cm³/mol. The van der Waals surface area contributed by atoms with Gasteiger partial charge in [0.2, 0.25) is 0 Å². The van der Waals surface area contributed by atoms with Gasteiger partial charge < -0.3 is 9.13 Å². The molecule has 0 aliphatic carbocycles. The minimum atomic E-state index is 1.16. The zero-order chi connectivity index (χ0) is 47.5. The van der Waals surface area contributed by atoms with Gasteiger partial charge in [-0.1, -0.05) is 146 Å². The summed E-state index contributed by atoms with van der Waals surface area (Å²) in [6, 6.07) is 86.6. The molecule has 17 aromatic rings. The van der Waals surface area contributed by atoms with Crippen LogP contribution in [0.25, 0.3) is 159 Å². The summed E-state index contributed by atoms with van der Waals surface area (Å²) in [4.78, 5) is 0. The fourth-order valence-corrected chi connectivity index (χ4v) is 16.3. The molecule has 0 aliphatic rings. The van der Waals surface area contributed by atoms with Gasteiger partial charge in [0, 0.05) is 105 Å². The topological polar surface area (TPSA) is 9.86 Å².